The first kappa shape index (κ1) is 14.5. The number of hydrogen-bond donors (Lipinski definition) is 3. The van der Waals surface area contributed by atoms with E-state index in [-0.39, 0.29) is 18.1 Å². The van der Waals surface area contributed by atoms with Crippen LogP contribution in [-0.4, -0.2) is 22.8 Å². The first-order chi connectivity index (χ1) is 8.27. The van der Waals surface area contributed by atoms with Crippen LogP contribution in [-0.2, 0) is 4.79 Å². The second kappa shape index (κ2) is 5.37. The van der Waals surface area contributed by atoms with Crippen molar-refractivity contribution < 1.29 is 19.7 Å². The quantitative estimate of drug-likeness (QED) is 0.556. The molecule has 0 heterocycles. The van der Waals surface area contributed by atoms with Crippen LogP contribution >= 0.6 is 0 Å². The summed E-state index contributed by atoms with van der Waals surface area (Å²) in [4.78, 5) is 10.8. The number of ether oxygens (including phenoxy) is 1. The molecule has 0 fully saturated rings. The van der Waals surface area contributed by atoms with E-state index in [0.717, 1.165) is 0 Å². The molecule has 0 spiro atoms. The van der Waals surface area contributed by atoms with Gasteiger partial charge in [-0.1, -0.05) is 19.9 Å². The van der Waals surface area contributed by atoms with Crippen molar-refractivity contribution in [3.05, 3.63) is 23.8 Å². The summed E-state index contributed by atoms with van der Waals surface area (Å²) < 4.78 is 4.81. The molecule has 0 saturated carbocycles. The molecule has 0 unspecified atom stereocenters. The van der Waals surface area contributed by atoms with E-state index in [4.69, 9.17) is 10.5 Å². The molecule has 0 amide bonds. The number of nitrogens with two attached hydrogens (primary N) is 1. The average molecular weight is 253 g/mol. The Morgan fingerprint density at radius 2 is 2.11 bits per heavy atom. The number of phenolic OH excluding ortho intramolecular Hbond substituents is 1. The first-order valence-corrected chi connectivity index (χ1v) is 5.65. The van der Waals surface area contributed by atoms with Crippen molar-refractivity contribution in [2.45, 2.75) is 26.8 Å². The van der Waals surface area contributed by atoms with Gasteiger partial charge in [-0.25, -0.2) is 0 Å². The van der Waals surface area contributed by atoms with E-state index in [1.807, 2.05) is 13.8 Å². The Labute approximate surface area is 106 Å². The van der Waals surface area contributed by atoms with Gasteiger partial charge in [0.2, 0.25) is 0 Å². The minimum absolute atomic E-state index is 0.0688. The summed E-state index contributed by atoms with van der Waals surface area (Å²) in [5, 5.41) is 19.0. The van der Waals surface area contributed by atoms with Gasteiger partial charge in [-0.05, 0) is 17.7 Å². The van der Waals surface area contributed by atoms with Crippen molar-refractivity contribution in [3.8, 4) is 11.5 Å². The van der Waals surface area contributed by atoms with Crippen LogP contribution in [0.25, 0.3) is 0 Å². The molecule has 5 nitrogen and oxygen atoms in total. The van der Waals surface area contributed by atoms with Crippen molar-refractivity contribution in [2.24, 2.45) is 11.1 Å². The van der Waals surface area contributed by atoms with Gasteiger partial charge in [0.1, 0.15) is 0 Å². The molecule has 5 heteroatoms. The molecule has 4 N–H and O–H groups in total. The van der Waals surface area contributed by atoms with E-state index in [2.05, 4.69) is 0 Å². The molecule has 0 radical (unpaired) electrons. The number of aliphatic hydroxyl groups excluding tert-OH is 1. The monoisotopic (exact) mass is 253 g/mol. The first-order valence-electron chi connectivity index (χ1n) is 5.65. The highest BCUT2D eigenvalue weighted by molar-refractivity contribution is 5.70. The van der Waals surface area contributed by atoms with Gasteiger partial charge >= 0.3 is 5.97 Å². The fourth-order valence-electron chi connectivity index (χ4n) is 1.52. The Balaban J connectivity index is 3.00. The molecular formula is C13H19NO4. The second-order valence-electron chi connectivity index (χ2n) is 4.95. The molecule has 1 atom stereocenters. The van der Waals surface area contributed by atoms with E-state index in [1.165, 1.54) is 19.1 Å². The predicted octanol–water partition coefficient (Wildman–Crippen LogP) is 1.34. The van der Waals surface area contributed by atoms with Gasteiger partial charge in [-0.15, -0.1) is 0 Å². The molecule has 0 aliphatic heterocycles. The normalized spacial score (nSPS) is 13.2. The lowest BCUT2D eigenvalue weighted by atomic mass is 9.82. The van der Waals surface area contributed by atoms with Gasteiger partial charge in [0.05, 0.1) is 0 Å². The van der Waals surface area contributed by atoms with Gasteiger partial charge in [0.15, 0.2) is 11.5 Å². The van der Waals surface area contributed by atoms with Crippen molar-refractivity contribution in [1.82, 2.24) is 0 Å². The number of aliphatic hydroxyl groups is 1. The average Bonchev–Trinajstić information content (AvgIpc) is 2.30. The molecule has 0 aliphatic rings. The summed E-state index contributed by atoms with van der Waals surface area (Å²) in [5.74, 6) is -0.551. The van der Waals surface area contributed by atoms with E-state index < -0.39 is 17.4 Å². The number of esters is 1. The molecule has 18 heavy (non-hydrogen) atoms. The highest BCUT2D eigenvalue weighted by Gasteiger charge is 2.27. The third kappa shape index (κ3) is 3.21. The Hall–Kier alpha value is -1.59. The van der Waals surface area contributed by atoms with Crippen molar-refractivity contribution in [1.29, 1.82) is 0 Å². The van der Waals surface area contributed by atoms with Crippen molar-refractivity contribution >= 4 is 5.97 Å². The van der Waals surface area contributed by atoms with Crippen LogP contribution in [0.1, 0.15) is 32.4 Å². The number of hydrogen-bond acceptors (Lipinski definition) is 5. The van der Waals surface area contributed by atoms with Gasteiger partial charge in [-0.3, -0.25) is 4.79 Å². The maximum absolute atomic E-state index is 10.8. The van der Waals surface area contributed by atoms with Crippen LogP contribution in [0.15, 0.2) is 18.2 Å². The zero-order chi connectivity index (χ0) is 13.9. The minimum atomic E-state index is -0.505. The molecular weight excluding hydrogens is 234 g/mol. The lowest BCUT2D eigenvalue weighted by Crippen LogP contribution is -2.32. The molecule has 1 aromatic carbocycles. The number of aromatic hydroxyl groups is 1. The molecule has 0 saturated heterocycles. The summed E-state index contributed by atoms with van der Waals surface area (Å²) >= 11 is 0. The van der Waals surface area contributed by atoms with E-state index in [0.29, 0.717) is 5.56 Å². The highest BCUT2D eigenvalue weighted by Crippen LogP contribution is 2.35. The topological polar surface area (TPSA) is 92.8 Å². The van der Waals surface area contributed by atoms with Crippen LogP contribution in [0, 0.1) is 5.41 Å². The number of rotatable bonds is 4. The predicted molar refractivity (Wildman–Crippen MR) is 67.2 cm³/mol. The summed E-state index contributed by atoms with van der Waals surface area (Å²) in [5.41, 5.74) is 6.19. The summed E-state index contributed by atoms with van der Waals surface area (Å²) in [6.07, 6.45) is 0. The van der Waals surface area contributed by atoms with Gasteiger partial charge in [-0.2, -0.15) is 0 Å². The van der Waals surface area contributed by atoms with E-state index in [9.17, 15) is 15.0 Å². The Morgan fingerprint density at radius 3 is 2.56 bits per heavy atom. The molecule has 1 rings (SSSR count). The highest BCUT2D eigenvalue weighted by atomic mass is 16.5. The number of carbonyl (C=O) groups is 1. The van der Waals surface area contributed by atoms with Crippen LogP contribution in [0.2, 0.25) is 0 Å². The van der Waals surface area contributed by atoms with Crippen LogP contribution in [0.4, 0.5) is 0 Å². The zero-order valence-electron chi connectivity index (χ0n) is 10.8. The standard InChI is InChI=1S/C13H19NO4/c1-8(16)18-11-5-4-9(6-10(11)17)12(14)13(2,3)7-15/h4-6,12,15,17H,7,14H2,1-3H3/t12-/m1/s1. The van der Waals surface area contributed by atoms with Gasteiger partial charge in [0.25, 0.3) is 0 Å². The Kier molecular flexibility index (Phi) is 4.32. The zero-order valence-corrected chi connectivity index (χ0v) is 10.8. The SMILES string of the molecule is CC(=O)Oc1ccc([C@@H](N)C(C)(C)CO)cc1O. The smallest absolute Gasteiger partial charge is 0.308 e. The molecule has 0 aliphatic carbocycles. The number of benzene rings is 1. The lowest BCUT2D eigenvalue weighted by Gasteiger charge is -2.29. The Bertz CT molecular complexity index is 443. The van der Waals surface area contributed by atoms with Crippen molar-refractivity contribution in [3.63, 3.8) is 0 Å². The molecule has 0 aromatic heterocycles. The fraction of sp³-hybridized carbons (Fsp3) is 0.462. The third-order valence-corrected chi connectivity index (χ3v) is 2.85. The number of carbonyl (C=O) groups excluding carboxylic acids is 1. The maximum atomic E-state index is 10.8. The maximum Gasteiger partial charge on any atom is 0.308 e. The third-order valence-electron chi connectivity index (χ3n) is 2.85. The van der Waals surface area contributed by atoms with Crippen LogP contribution in [0.5, 0.6) is 11.5 Å². The van der Waals surface area contributed by atoms with Crippen molar-refractivity contribution in [2.75, 3.05) is 6.61 Å². The molecule has 100 valence electrons. The number of phenols is 1. The van der Waals surface area contributed by atoms with Crippen LogP contribution < -0.4 is 10.5 Å². The van der Waals surface area contributed by atoms with Crippen LogP contribution in [0.3, 0.4) is 0 Å². The Morgan fingerprint density at radius 1 is 1.50 bits per heavy atom. The summed E-state index contributed by atoms with van der Waals surface area (Å²) in [7, 11) is 0. The van der Waals surface area contributed by atoms with E-state index in [1.54, 1.807) is 6.07 Å². The fourth-order valence-corrected chi connectivity index (χ4v) is 1.52. The van der Waals surface area contributed by atoms with Gasteiger partial charge in [0, 0.05) is 25.0 Å². The lowest BCUT2D eigenvalue weighted by molar-refractivity contribution is -0.132. The molecule has 1 aromatic rings. The second-order valence-corrected chi connectivity index (χ2v) is 4.95. The summed E-state index contributed by atoms with van der Waals surface area (Å²) in [6, 6.07) is 4.17. The minimum Gasteiger partial charge on any atom is -0.504 e. The largest absolute Gasteiger partial charge is 0.504 e. The summed E-state index contributed by atoms with van der Waals surface area (Å²) in [6.45, 7) is 4.85. The van der Waals surface area contributed by atoms with Gasteiger partial charge < -0.3 is 20.7 Å². The molecule has 0 bridgehead atoms. The van der Waals surface area contributed by atoms with E-state index >= 15 is 0 Å².